The van der Waals surface area contributed by atoms with Crippen molar-refractivity contribution in [2.24, 2.45) is 7.05 Å². The van der Waals surface area contributed by atoms with Gasteiger partial charge in [-0.15, -0.1) is 10.2 Å². The molecule has 1 amide bonds. The van der Waals surface area contributed by atoms with Crippen LogP contribution in [0.1, 0.15) is 27.4 Å². The summed E-state index contributed by atoms with van der Waals surface area (Å²) in [4.78, 5) is 28.1. The number of aryl methyl sites for hydroxylation is 1. The lowest BCUT2D eigenvalue weighted by molar-refractivity contribution is 0.0783. The zero-order valence-corrected chi connectivity index (χ0v) is 22.2. The van der Waals surface area contributed by atoms with Gasteiger partial charge in [0.05, 0.1) is 55.0 Å². The van der Waals surface area contributed by atoms with Crippen LogP contribution in [0.15, 0.2) is 42.5 Å². The molecule has 2 aliphatic rings. The number of tetrazole rings is 1. The van der Waals surface area contributed by atoms with Crippen molar-refractivity contribution in [1.82, 2.24) is 35.1 Å². The lowest BCUT2D eigenvalue weighted by atomic mass is 10.1. The molecule has 4 aromatic rings. The number of methoxy groups -OCH3 is 2. The van der Waals surface area contributed by atoms with E-state index in [1.807, 2.05) is 42.5 Å². The van der Waals surface area contributed by atoms with Crippen LogP contribution in [0.5, 0.6) is 5.75 Å². The Morgan fingerprint density at radius 3 is 2.59 bits per heavy atom. The van der Waals surface area contributed by atoms with Crippen molar-refractivity contribution in [2.75, 3.05) is 44.6 Å². The summed E-state index contributed by atoms with van der Waals surface area (Å²) in [6, 6.07) is 13.6. The fourth-order valence-corrected chi connectivity index (χ4v) is 4.96. The molecule has 0 spiro atoms. The SMILES string of the molecule is COc1c(Nc2cc(Cc3cccc(N4CC(OC)C4)n3)nc3c2C(=O)N(C)C3)cccc1-c1nnn(C)n1. The molecule has 12 heteroatoms. The Hall–Kier alpha value is -4.58. The van der Waals surface area contributed by atoms with Crippen molar-refractivity contribution < 1.29 is 14.3 Å². The molecule has 3 aromatic heterocycles. The van der Waals surface area contributed by atoms with Crippen LogP contribution >= 0.6 is 0 Å². The van der Waals surface area contributed by atoms with Crippen LogP contribution in [0.4, 0.5) is 17.2 Å². The molecule has 0 unspecified atom stereocenters. The number of pyridine rings is 2. The first-order valence-corrected chi connectivity index (χ1v) is 12.6. The second kappa shape index (κ2) is 9.95. The summed E-state index contributed by atoms with van der Waals surface area (Å²) in [6.07, 6.45) is 0.771. The van der Waals surface area contributed by atoms with E-state index in [0.717, 1.165) is 36.0 Å². The van der Waals surface area contributed by atoms with Gasteiger partial charge in [-0.3, -0.25) is 9.78 Å². The van der Waals surface area contributed by atoms with Crippen LogP contribution in [-0.4, -0.2) is 81.4 Å². The van der Waals surface area contributed by atoms with Gasteiger partial charge < -0.3 is 24.6 Å². The average molecular weight is 528 g/mol. The number of hydrogen-bond acceptors (Lipinski definition) is 10. The van der Waals surface area contributed by atoms with Gasteiger partial charge in [0.1, 0.15) is 5.82 Å². The Morgan fingerprint density at radius 2 is 1.85 bits per heavy atom. The molecule has 6 rings (SSSR count). The Morgan fingerprint density at radius 1 is 1.03 bits per heavy atom. The topological polar surface area (TPSA) is 123 Å². The highest BCUT2D eigenvalue weighted by atomic mass is 16.5. The molecule has 1 aromatic carbocycles. The number of aromatic nitrogens is 6. The molecule has 1 N–H and O–H groups in total. The van der Waals surface area contributed by atoms with E-state index in [1.165, 1.54) is 4.80 Å². The minimum atomic E-state index is -0.0807. The van der Waals surface area contributed by atoms with Gasteiger partial charge in [-0.25, -0.2) is 4.98 Å². The van der Waals surface area contributed by atoms with Gasteiger partial charge in [0.25, 0.3) is 5.91 Å². The van der Waals surface area contributed by atoms with Crippen LogP contribution in [0, 0.1) is 0 Å². The molecular weight excluding hydrogens is 498 g/mol. The summed E-state index contributed by atoms with van der Waals surface area (Å²) >= 11 is 0. The molecule has 200 valence electrons. The zero-order chi connectivity index (χ0) is 27.1. The van der Waals surface area contributed by atoms with E-state index in [9.17, 15) is 4.79 Å². The third kappa shape index (κ3) is 4.63. The van der Waals surface area contributed by atoms with Crippen molar-refractivity contribution in [2.45, 2.75) is 19.1 Å². The van der Waals surface area contributed by atoms with E-state index in [1.54, 1.807) is 33.2 Å². The first-order valence-electron chi connectivity index (χ1n) is 12.6. The second-order valence-corrected chi connectivity index (χ2v) is 9.68. The van der Waals surface area contributed by atoms with E-state index in [-0.39, 0.29) is 12.0 Å². The van der Waals surface area contributed by atoms with Crippen LogP contribution in [0.2, 0.25) is 0 Å². The number of carbonyl (C=O) groups is 1. The van der Waals surface area contributed by atoms with E-state index in [4.69, 9.17) is 19.4 Å². The van der Waals surface area contributed by atoms with E-state index in [0.29, 0.717) is 47.0 Å². The van der Waals surface area contributed by atoms with Crippen molar-refractivity contribution in [3.63, 3.8) is 0 Å². The maximum atomic E-state index is 13.1. The summed E-state index contributed by atoms with van der Waals surface area (Å²) in [5.41, 5.74) is 5.02. The number of anilines is 3. The first kappa shape index (κ1) is 24.7. The smallest absolute Gasteiger partial charge is 0.257 e. The molecule has 39 heavy (non-hydrogen) atoms. The van der Waals surface area contributed by atoms with Crippen LogP contribution in [-0.2, 0) is 24.8 Å². The lowest BCUT2D eigenvalue weighted by Crippen LogP contribution is -2.52. The van der Waals surface area contributed by atoms with Gasteiger partial charge >= 0.3 is 0 Å². The average Bonchev–Trinajstić information content (AvgIpc) is 3.45. The third-order valence-electron chi connectivity index (χ3n) is 6.99. The molecule has 0 atom stereocenters. The van der Waals surface area contributed by atoms with Crippen molar-refractivity contribution in [3.05, 3.63) is 65.1 Å². The van der Waals surface area contributed by atoms with Crippen LogP contribution < -0.4 is 15.0 Å². The van der Waals surface area contributed by atoms with Crippen LogP contribution in [0.3, 0.4) is 0 Å². The highest BCUT2D eigenvalue weighted by Gasteiger charge is 2.31. The standard InChI is InChI=1S/C27H29N9O3/c1-34-15-22-24(27(34)37)21(30-20-9-6-8-19(25(20)39-4)26-31-33-35(2)32-26)12-17(28-22)11-16-7-5-10-23(29-16)36-13-18(14-36)38-3/h5-10,12,18H,11,13-15H2,1-4H3,(H,28,30). The van der Waals surface area contributed by atoms with Gasteiger partial charge in [-0.1, -0.05) is 12.1 Å². The van der Waals surface area contributed by atoms with Gasteiger partial charge in [-0.05, 0) is 35.5 Å². The maximum Gasteiger partial charge on any atom is 0.257 e. The fourth-order valence-electron chi connectivity index (χ4n) is 4.96. The molecular formula is C27H29N9O3. The molecule has 0 saturated carbocycles. The summed E-state index contributed by atoms with van der Waals surface area (Å²) < 4.78 is 11.2. The Labute approximate surface area is 225 Å². The Balaban J connectivity index is 1.34. The molecule has 1 saturated heterocycles. The van der Waals surface area contributed by atoms with Gasteiger partial charge in [0, 0.05) is 45.1 Å². The molecule has 12 nitrogen and oxygen atoms in total. The molecule has 0 radical (unpaired) electrons. The molecule has 2 aliphatic heterocycles. The highest BCUT2D eigenvalue weighted by molar-refractivity contribution is 6.03. The number of nitrogens with one attached hydrogen (secondary N) is 1. The maximum absolute atomic E-state index is 13.1. The van der Waals surface area contributed by atoms with E-state index >= 15 is 0 Å². The quantitative estimate of drug-likeness (QED) is 0.365. The van der Waals surface area contributed by atoms with Gasteiger partial charge in [0.15, 0.2) is 5.75 Å². The number of benzene rings is 1. The number of nitrogens with zero attached hydrogens (tertiary/aromatic N) is 8. The van der Waals surface area contributed by atoms with E-state index in [2.05, 4.69) is 25.6 Å². The number of fused-ring (bicyclic) bond motifs is 1. The van der Waals surface area contributed by atoms with Crippen molar-refractivity contribution >= 4 is 23.1 Å². The zero-order valence-electron chi connectivity index (χ0n) is 22.2. The number of ether oxygens (including phenoxy) is 2. The van der Waals surface area contributed by atoms with Gasteiger partial charge in [-0.2, -0.15) is 4.80 Å². The molecule has 0 aliphatic carbocycles. The van der Waals surface area contributed by atoms with Gasteiger partial charge in [0.2, 0.25) is 5.82 Å². The largest absolute Gasteiger partial charge is 0.494 e. The van der Waals surface area contributed by atoms with Crippen molar-refractivity contribution in [3.8, 4) is 17.1 Å². The fraction of sp³-hybridized carbons (Fsp3) is 0.333. The third-order valence-corrected chi connectivity index (χ3v) is 6.99. The number of carbonyl (C=O) groups excluding carboxylic acids is 1. The lowest BCUT2D eigenvalue weighted by Gasteiger charge is -2.39. The minimum absolute atomic E-state index is 0.0807. The molecule has 1 fully saturated rings. The summed E-state index contributed by atoms with van der Waals surface area (Å²) in [5.74, 6) is 1.84. The number of hydrogen-bond donors (Lipinski definition) is 1. The number of rotatable bonds is 8. The normalized spacial score (nSPS) is 14.9. The van der Waals surface area contributed by atoms with Crippen LogP contribution in [0.25, 0.3) is 11.4 Å². The Bertz CT molecular complexity index is 1550. The second-order valence-electron chi connectivity index (χ2n) is 9.68. The summed E-state index contributed by atoms with van der Waals surface area (Å²) in [6.45, 7) is 2.10. The minimum Gasteiger partial charge on any atom is -0.494 e. The molecule has 5 heterocycles. The number of amides is 1. The van der Waals surface area contributed by atoms with E-state index < -0.39 is 0 Å². The predicted molar refractivity (Wildman–Crippen MR) is 144 cm³/mol. The summed E-state index contributed by atoms with van der Waals surface area (Å²) in [5, 5.41) is 15.8. The van der Waals surface area contributed by atoms with Crippen molar-refractivity contribution in [1.29, 1.82) is 0 Å². The summed E-state index contributed by atoms with van der Waals surface area (Å²) in [7, 11) is 6.81. The Kier molecular flexibility index (Phi) is 6.31. The highest BCUT2D eigenvalue weighted by Crippen LogP contribution is 2.38. The molecule has 0 bridgehead atoms. The number of para-hydroxylation sites is 1. The predicted octanol–water partition coefficient (Wildman–Crippen LogP) is 2.43. The monoisotopic (exact) mass is 527 g/mol. The first-order chi connectivity index (χ1) is 18.9.